The summed E-state index contributed by atoms with van der Waals surface area (Å²) in [7, 11) is 0. The lowest BCUT2D eigenvalue weighted by molar-refractivity contribution is -0.122. The number of hydrogen-bond donors (Lipinski definition) is 2. The van der Waals surface area contributed by atoms with Crippen LogP contribution in [0.3, 0.4) is 0 Å². The zero-order valence-electron chi connectivity index (χ0n) is 15.0. The Labute approximate surface area is 167 Å². The summed E-state index contributed by atoms with van der Waals surface area (Å²) < 4.78 is 6.17. The summed E-state index contributed by atoms with van der Waals surface area (Å²) in [5.41, 5.74) is 1.87. The van der Waals surface area contributed by atoms with Gasteiger partial charge in [0.25, 0.3) is 0 Å². The van der Waals surface area contributed by atoms with E-state index in [2.05, 4.69) is 26.6 Å². The van der Waals surface area contributed by atoms with Crippen molar-refractivity contribution >= 4 is 27.9 Å². The Morgan fingerprint density at radius 1 is 1.04 bits per heavy atom. The van der Waals surface area contributed by atoms with E-state index < -0.39 is 6.09 Å². The fourth-order valence-electron chi connectivity index (χ4n) is 2.92. The van der Waals surface area contributed by atoms with Gasteiger partial charge in [0, 0.05) is 17.4 Å². The predicted octanol–water partition coefficient (Wildman–Crippen LogP) is 4.26. The molecule has 2 N–H and O–H groups in total. The van der Waals surface area contributed by atoms with Crippen LogP contribution in [0.15, 0.2) is 59.1 Å². The van der Waals surface area contributed by atoms with Crippen molar-refractivity contribution in [2.45, 2.75) is 37.8 Å². The molecule has 0 radical (unpaired) electrons. The molecule has 2 aromatic rings. The molecule has 0 heterocycles. The number of carbonyl (C=O) groups excluding carboxylic acids is 2. The fourth-order valence-corrected chi connectivity index (χ4v) is 3.19. The third-order valence-electron chi connectivity index (χ3n) is 4.59. The molecule has 0 saturated heterocycles. The molecule has 1 aliphatic carbocycles. The van der Waals surface area contributed by atoms with Crippen LogP contribution in [0.2, 0.25) is 0 Å². The molecular formula is C21H23BrN2O3. The second kappa shape index (κ2) is 9.04. The zero-order valence-corrected chi connectivity index (χ0v) is 16.6. The maximum Gasteiger partial charge on any atom is 0.407 e. The van der Waals surface area contributed by atoms with Gasteiger partial charge in [0.1, 0.15) is 6.61 Å². The van der Waals surface area contributed by atoms with E-state index in [1.54, 1.807) is 0 Å². The Hall–Kier alpha value is -2.34. The summed E-state index contributed by atoms with van der Waals surface area (Å²) in [6.45, 7) is 0.648. The number of hydrogen-bond acceptors (Lipinski definition) is 3. The first-order valence-electron chi connectivity index (χ1n) is 9.09. The largest absolute Gasteiger partial charge is 0.445 e. The van der Waals surface area contributed by atoms with Crippen LogP contribution in [0.4, 0.5) is 4.79 Å². The Morgan fingerprint density at radius 3 is 2.41 bits per heavy atom. The molecule has 142 valence electrons. The van der Waals surface area contributed by atoms with Gasteiger partial charge in [-0.25, -0.2) is 4.79 Å². The number of amides is 2. The van der Waals surface area contributed by atoms with Gasteiger partial charge in [-0.2, -0.15) is 0 Å². The zero-order chi connectivity index (χ0) is 19.1. The first-order chi connectivity index (χ1) is 13.1. The first kappa shape index (κ1) is 19.4. The smallest absolute Gasteiger partial charge is 0.407 e. The normalized spacial score (nSPS) is 14.3. The molecule has 2 aromatic carbocycles. The van der Waals surface area contributed by atoms with Crippen LogP contribution in [-0.2, 0) is 21.7 Å². The van der Waals surface area contributed by atoms with Gasteiger partial charge < -0.3 is 15.4 Å². The van der Waals surface area contributed by atoms with Gasteiger partial charge in [-0.05, 0) is 42.5 Å². The van der Waals surface area contributed by atoms with Gasteiger partial charge >= 0.3 is 6.09 Å². The van der Waals surface area contributed by atoms with Gasteiger partial charge in [-0.1, -0.05) is 58.4 Å². The highest BCUT2D eigenvalue weighted by Gasteiger charge is 2.45. The van der Waals surface area contributed by atoms with Crippen LogP contribution in [0.1, 0.15) is 36.8 Å². The highest BCUT2D eigenvalue weighted by molar-refractivity contribution is 9.10. The summed E-state index contributed by atoms with van der Waals surface area (Å²) in [6.07, 6.45) is 2.40. The molecule has 0 aliphatic heterocycles. The van der Waals surface area contributed by atoms with Gasteiger partial charge in [-0.3, -0.25) is 4.79 Å². The van der Waals surface area contributed by atoms with Crippen molar-refractivity contribution < 1.29 is 14.3 Å². The SMILES string of the molecule is O=C(CCCNC(=O)OCc1ccccc1)NC1(c2ccc(Br)cc2)CC1. The molecule has 0 unspecified atom stereocenters. The third-order valence-corrected chi connectivity index (χ3v) is 5.12. The average Bonchev–Trinajstić information content (AvgIpc) is 3.45. The van der Waals surface area contributed by atoms with E-state index in [1.165, 1.54) is 0 Å². The molecule has 0 spiro atoms. The van der Waals surface area contributed by atoms with Crippen molar-refractivity contribution in [3.8, 4) is 0 Å². The Morgan fingerprint density at radius 2 is 1.74 bits per heavy atom. The monoisotopic (exact) mass is 430 g/mol. The maximum atomic E-state index is 12.2. The summed E-state index contributed by atoms with van der Waals surface area (Å²) in [4.78, 5) is 23.9. The van der Waals surface area contributed by atoms with Crippen LogP contribution >= 0.6 is 15.9 Å². The quantitative estimate of drug-likeness (QED) is 0.614. The molecule has 2 amide bonds. The van der Waals surface area contributed by atoms with Crippen molar-refractivity contribution in [1.82, 2.24) is 10.6 Å². The number of rotatable bonds is 8. The molecule has 0 atom stereocenters. The van der Waals surface area contributed by atoms with Crippen LogP contribution < -0.4 is 10.6 Å². The van der Waals surface area contributed by atoms with Gasteiger partial charge in [0.2, 0.25) is 5.91 Å². The molecule has 27 heavy (non-hydrogen) atoms. The van der Waals surface area contributed by atoms with E-state index in [4.69, 9.17) is 4.74 Å². The molecule has 6 heteroatoms. The minimum absolute atomic E-state index is 0.00914. The van der Waals surface area contributed by atoms with E-state index in [0.717, 1.165) is 28.4 Å². The van der Waals surface area contributed by atoms with Gasteiger partial charge in [-0.15, -0.1) is 0 Å². The van der Waals surface area contributed by atoms with Crippen LogP contribution in [0.5, 0.6) is 0 Å². The molecule has 0 aromatic heterocycles. The van der Waals surface area contributed by atoms with Gasteiger partial charge in [0.15, 0.2) is 0 Å². The number of ether oxygens (including phenoxy) is 1. The van der Waals surface area contributed by atoms with E-state index >= 15 is 0 Å². The van der Waals surface area contributed by atoms with Crippen LogP contribution in [0, 0.1) is 0 Å². The first-order valence-corrected chi connectivity index (χ1v) is 9.88. The third kappa shape index (κ3) is 5.82. The molecule has 5 nitrogen and oxygen atoms in total. The standard InChI is InChI=1S/C21H23BrN2O3/c22-18-10-8-17(9-11-18)21(12-13-21)24-19(25)7-4-14-23-20(26)27-15-16-5-2-1-3-6-16/h1-3,5-6,8-11H,4,7,12-15H2,(H,23,26)(H,24,25). The topological polar surface area (TPSA) is 67.4 Å². The molecule has 3 rings (SSSR count). The lowest BCUT2D eigenvalue weighted by Gasteiger charge is -2.18. The number of benzene rings is 2. The minimum atomic E-state index is -0.465. The Kier molecular flexibility index (Phi) is 6.50. The Bertz CT molecular complexity index is 774. The second-order valence-corrected chi connectivity index (χ2v) is 7.64. The molecule has 0 bridgehead atoms. The summed E-state index contributed by atoms with van der Waals surface area (Å²) in [5.74, 6) is 0.00914. The highest BCUT2D eigenvalue weighted by atomic mass is 79.9. The Balaban J connectivity index is 1.33. The number of nitrogens with one attached hydrogen (secondary N) is 2. The molecule has 1 fully saturated rings. The fraction of sp³-hybridized carbons (Fsp3) is 0.333. The molecule has 1 saturated carbocycles. The summed E-state index contributed by atoms with van der Waals surface area (Å²) in [5, 5.41) is 5.82. The van der Waals surface area contributed by atoms with Crippen LogP contribution in [-0.4, -0.2) is 18.5 Å². The van der Waals surface area contributed by atoms with Crippen molar-refractivity contribution in [2.24, 2.45) is 0 Å². The van der Waals surface area contributed by atoms with E-state index in [-0.39, 0.29) is 18.1 Å². The number of alkyl carbamates (subject to hydrolysis) is 1. The summed E-state index contributed by atoms with van der Waals surface area (Å²) >= 11 is 3.43. The van der Waals surface area contributed by atoms with Crippen molar-refractivity contribution in [2.75, 3.05) is 6.54 Å². The summed E-state index contributed by atoms with van der Waals surface area (Å²) in [6, 6.07) is 17.6. The van der Waals surface area contributed by atoms with Crippen molar-refractivity contribution in [1.29, 1.82) is 0 Å². The molecular weight excluding hydrogens is 408 g/mol. The lowest BCUT2D eigenvalue weighted by atomic mass is 10.0. The highest BCUT2D eigenvalue weighted by Crippen LogP contribution is 2.45. The predicted molar refractivity (Wildman–Crippen MR) is 107 cm³/mol. The second-order valence-electron chi connectivity index (χ2n) is 6.73. The van der Waals surface area contributed by atoms with Crippen molar-refractivity contribution in [3.63, 3.8) is 0 Å². The van der Waals surface area contributed by atoms with Gasteiger partial charge in [0.05, 0.1) is 5.54 Å². The van der Waals surface area contributed by atoms with E-state index in [0.29, 0.717) is 19.4 Å². The lowest BCUT2D eigenvalue weighted by Crippen LogP contribution is -2.35. The number of carbonyl (C=O) groups is 2. The van der Waals surface area contributed by atoms with Crippen LogP contribution in [0.25, 0.3) is 0 Å². The van der Waals surface area contributed by atoms with E-state index in [1.807, 2.05) is 54.6 Å². The van der Waals surface area contributed by atoms with E-state index in [9.17, 15) is 9.59 Å². The maximum absolute atomic E-state index is 12.2. The minimum Gasteiger partial charge on any atom is -0.445 e. The average molecular weight is 431 g/mol. The molecule has 1 aliphatic rings. The van der Waals surface area contributed by atoms with Crippen molar-refractivity contribution in [3.05, 3.63) is 70.2 Å². The number of halogens is 1.